The van der Waals surface area contributed by atoms with Gasteiger partial charge in [0.2, 0.25) is 0 Å². The molecule has 3 fully saturated rings. The molecule has 1 amide bonds. The molecule has 1 aliphatic carbocycles. The summed E-state index contributed by atoms with van der Waals surface area (Å²) in [4.78, 5) is 29.2. The molecule has 0 unspecified atom stereocenters. The lowest BCUT2D eigenvalue weighted by Crippen LogP contribution is -2.58. The largest absolute Gasteiger partial charge is 0.493 e. The lowest BCUT2D eigenvalue weighted by Gasteiger charge is -2.43. The second-order valence-electron chi connectivity index (χ2n) is 9.70. The van der Waals surface area contributed by atoms with Crippen molar-refractivity contribution in [1.82, 2.24) is 4.90 Å². The second kappa shape index (κ2) is 10.6. The van der Waals surface area contributed by atoms with Crippen molar-refractivity contribution in [3.05, 3.63) is 54.1 Å². The molecule has 186 valence electrons. The van der Waals surface area contributed by atoms with E-state index >= 15 is 0 Å². The Labute approximate surface area is 206 Å². The summed E-state index contributed by atoms with van der Waals surface area (Å²) in [5, 5.41) is 0. The highest BCUT2D eigenvalue weighted by Crippen LogP contribution is 2.36. The average molecular weight is 479 g/mol. The second-order valence-corrected chi connectivity index (χ2v) is 9.70. The number of esters is 1. The number of cyclic esters (lactones) is 1. The minimum absolute atomic E-state index is 0.0285. The minimum Gasteiger partial charge on any atom is -0.493 e. The van der Waals surface area contributed by atoms with E-state index < -0.39 is 6.10 Å². The molecule has 7 nitrogen and oxygen atoms in total. The molecule has 7 heteroatoms. The number of amides is 1. The number of carbonyl (C=O) groups excluding carboxylic acids is 2. The van der Waals surface area contributed by atoms with Crippen LogP contribution in [-0.2, 0) is 20.7 Å². The van der Waals surface area contributed by atoms with Gasteiger partial charge in [-0.05, 0) is 49.8 Å². The monoisotopic (exact) mass is 478 g/mol. The number of piperazine rings is 1. The van der Waals surface area contributed by atoms with Crippen LogP contribution in [0.5, 0.6) is 11.5 Å². The summed E-state index contributed by atoms with van der Waals surface area (Å²) in [5.74, 6) is 1.18. The van der Waals surface area contributed by atoms with Gasteiger partial charge in [0.15, 0.2) is 17.6 Å². The van der Waals surface area contributed by atoms with Crippen LogP contribution in [0.1, 0.15) is 44.1 Å². The third-order valence-electron chi connectivity index (χ3n) is 7.35. The van der Waals surface area contributed by atoms with Crippen molar-refractivity contribution in [3.63, 3.8) is 0 Å². The molecule has 0 spiro atoms. The summed E-state index contributed by atoms with van der Waals surface area (Å²) in [7, 11) is 1.67. The SMILES string of the molecule is COc1ccc(N2CCN(C(=O)[C@H]3CCC(=O)O3)[C@@H](Cc3ccccc3)C2)cc1OC1CCCC1. The normalized spacial score (nSPS) is 22.8. The first-order valence-electron chi connectivity index (χ1n) is 12.7. The Morgan fingerprint density at radius 1 is 1.03 bits per heavy atom. The van der Waals surface area contributed by atoms with Crippen LogP contribution in [0.2, 0.25) is 0 Å². The maximum Gasteiger partial charge on any atom is 0.306 e. The summed E-state index contributed by atoms with van der Waals surface area (Å²) in [6.45, 7) is 1.97. The van der Waals surface area contributed by atoms with Gasteiger partial charge in [0.25, 0.3) is 5.91 Å². The Kier molecular flexibility index (Phi) is 7.11. The molecule has 2 aromatic rings. The quantitative estimate of drug-likeness (QED) is 0.561. The Morgan fingerprint density at radius 2 is 1.83 bits per heavy atom. The molecule has 2 aliphatic heterocycles. The number of hydrogen-bond donors (Lipinski definition) is 0. The van der Waals surface area contributed by atoms with Crippen LogP contribution in [0.15, 0.2) is 48.5 Å². The van der Waals surface area contributed by atoms with Gasteiger partial charge in [0, 0.05) is 44.2 Å². The van der Waals surface area contributed by atoms with Gasteiger partial charge < -0.3 is 24.0 Å². The van der Waals surface area contributed by atoms with E-state index in [2.05, 4.69) is 29.2 Å². The zero-order valence-corrected chi connectivity index (χ0v) is 20.4. The Bertz CT molecular complexity index is 1040. The number of benzene rings is 2. The summed E-state index contributed by atoms with van der Waals surface area (Å²) in [6.07, 6.45) is 5.70. The first-order chi connectivity index (χ1) is 17.1. The first-order valence-corrected chi connectivity index (χ1v) is 12.7. The molecule has 35 heavy (non-hydrogen) atoms. The number of hydrogen-bond acceptors (Lipinski definition) is 6. The fraction of sp³-hybridized carbons (Fsp3) is 0.500. The standard InChI is InChI=1S/C28H34N2O5/c1-33-24-12-11-21(18-26(24)34-23-9-5-6-10-23)29-15-16-30(28(32)25-13-14-27(31)35-25)22(19-29)17-20-7-3-2-4-8-20/h2-4,7-8,11-12,18,22-23,25H,5-6,9-10,13-17,19H2,1H3/t22-,25+/m0/s1. The molecule has 2 saturated heterocycles. The highest BCUT2D eigenvalue weighted by Gasteiger charge is 2.38. The molecular weight excluding hydrogens is 444 g/mol. The molecular formula is C28H34N2O5. The van der Waals surface area contributed by atoms with E-state index in [1.54, 1.807) is 7.11 Å². The number of nitrogens with zero attached hydrogens (tertiary/aromatic N) is 2. The summed E-state index contributed by atoms with van der Waals surface area (Å²) in [6, 6.07) is 16.3. The van der Waals surface area contributed by atoms with E-state index in [1.165, 1.54) is 18.4 Å². The summed E-state index contributed by atoms with van der Waals surface area (Å²) >= 11 is 0. The summed E-state index contributed by atoms with van der Waals surface area (Å²) in [5.41, 5.74) is 2.25. The average Bonchev–Trinajstić information content (AvgIpc) is 3.56. The van der Waals surface area contributed by atoms with Gasteiger partial charge in [0.1, 0.15) is 0 Å². The van der Waals surface area contributed by atoms with Crippen LogP contribution in [0.3, 0.4) is 0 Å². The molecule has 2 heterocycles. The predicted molar refractivity (Wildman–Crippen MR) is 133 cm³/mol. The van der Waals surface area contributed by atoms with Crippen molar-refractivity contribution in [2.75, 3.05) is 31.6 Å². The van der Waals surface area contributed by atoms with Crippen LogP contribution in [0, 0.1) is 0 Å². The van der Waals surface area contributed by atoms with E-state index in [0.717, 1.165) is 36.4 Å². The third-order valence-corrected chi connectivity index (χ3v) is 7.35. The van der Waals surface area contributed by atoms with Crippen LogP contribution in [-0.4, -0.2) is 61.8 Å². The van der Waals surface area contributed by atoms with Crippen molar-refractivity contribution in [3.8, 4) is 11.5 Å². The van der Waals surface area contributed by atoms with Gasteiger partial charge in [-0.25, -0.2) is 0 Å². The van der Waals surface area contributed by atoms with E-state index in [4.69, 9.17) is 14.2 Å². The Hall–Kier alpha value is -3.22. The highest BCUT2D eigenvalue weighted by atomic mass is 16.6. The third kappa shape index (κ3) is 5.39. The van der Waals surface area contributed by atoms with Crippen molar-refractivity contribution in [1.29, 1.82) is 0 Å². The number of methoxy groups -OCH3 is 1. The van der Waals surface area contributed by atoms with Crippen LogP contribution >= 0.6 is 0 Å². The molecule has 2 aromatic carbocycles. The van der Waals surface area contributed by atoms with E-state index in [9.17, 15) is 9.59 Å². The van der Waals surface area contributed by atoms with Crippen LogP contribution in [0.4, 0.5) is 5.69 Å². The smallest absolute Gasteiger partial charge is 0.306 e. The zero-order valence-electron chi connectivity index (χ0n) is 20.4. The number of anilines is 1. The Morgan fingerprint density at radius 3 is 2.54 bits per heavy atom. The van der Waals surface area contributed by atoms with Crippen molar-refractivity contribution in [2.24, 2.45) is 0 Å². The molecule has 0 aromatic heterocycles. The fourth-order valence-electron chi connectivity index (χ4n) is 5.47. The van der Waals surface area contributed by atoms with E-state index in [0.29, 0.717) is 32.5 Å². The number of carbonyl (C=O) groups is 2. The minimum atomic E-state index is -0.653. The topological polar surface area (TPSA) is 68.3 Å². The van der Waals surface area contributed by atoms with Gasteiger partial charge in [-0.15, -0.1) is 0 Å². The molecule has 1 saturated carbocycles. The Balaban J connectivity index is 1.36. The zero-order chi connectivity index (χ0) is 24.2. The molecule has 0 radical (unpaired) electrons. The maximum atomic E-state index is 13.3. The molecule has 0 N–H and O–H groups in total. The predicted octanol–water partition coefficient (Wildman–Crippen LogP) is 3.98. The van der Waals surface area contributed by atoms with Gasteiger partial charge in [-0.1, -0.05) is 30.3 Å². The maximum absolute atomic E-state index is 13.3. The molecule has 0 bridgehead atoms. The molecule has 2 atom stereocenters. The van der Waals surface area contributed by atoms with E-state index in [-0.39, 0.29) is 24.0 Å². The molecule has 5 rings (SSSR count). The first kappa shape index (κ1) is 23.5. The fourth-order valence-corrected chi connectivity index (χ4v) is 5.47. The summed E-state index contributed by atoms with van der Waals surface area (Å²) < 4.78 is 17.2. The van der Waals surface area contributed by atoms with Crippen molar-refractivity contribution < 1.29 is 23.8 Å². The van der Waals surface area contributed by atoms with E-state index in [1.807, 2.05) is 29.2 Å². The van der Waals surface area contributed by atoms with Crippen LogP contribution in [0.25, 0.3) is 0 Å². The van der Waals surface area contributed by atoms with Gasteiger partial charge >= 0.3 is 5.97 Å². The van der Waals surface area contributed by atoms with Gasteiger partial charge in [-0.2, -0.15) is 0 Å². The highest BCUT2D eigenvalue weighted by molar-refractivity contribution is 5.87. The lowest BCUT2D eigenvalue weighted by atomic mass is 10.0. The van der Waals surface area contributed by atoms with Crippen LogP contribution < -0.4 is 14.4 Å². The number of rotatable bonds is 7. The lowest BCUT2D eigenvalue weighted by molar-refractivity contribution is -0.154. The van der Waals surface area contributed by atoms with Gasteiger partial charge in [-0.3, -0.25) is 9.59 Å². The van der Waals surface area contributed by atoms with Crippen molar-refractivity contribution in [2.45, 2.75) is 63.2 Å². The van der Waals surface area contributed by atoms with Crippen molar-refractivity contribution >= 4 is 17.6 Å². The number of ether oxygens (including phenoxy) is 3. The molecule has 3 aliphatic rings. The van der Waals surface area contributed by atoms with Gasteiger partial charge in [0.05, 0.1) is 19.3 Å².